The lowest BCUT2D eigenvalue weighted by Crippen LogP contribution is -2.49. The number of quaternary nitrogens is 1. The summed E-state index contributed by atoms with van der Waals surface area (Å²) in [5.74, 6) is -0.518. The Kier molecular flexibility index (Phi) is 12.1. The topological polar surface area (TPSA) is 75.6 Å². The molecule has 0 aliphatic heterocycles. The van der Waals surface area contributed by atoms with E-state index in [1.807, 2.05) is 27.2 Å². The van der Waals surface area contributed by atoms with Crippen molar-refractivity contribution in [1.29, 1.82) is 0 Å². The predicted molar refractivity (Wildman–Crippen MR) is 121 cm³/mol. The van der Waals surface area contributed by atoms with Crippen molar-refractivity contribution >= 4 is 11.9 Å². The zero-order valence-electron chi connectivity index (χ0n) is 19.3. The van der Waals surface area contributed by atoms with Crippen LogP contribution in [0.15, 0.2) is 24.3 Å². The van der Waals surface area contributed by atoms with Crippen LogP contribution in [-0.2, 0) is 4.79 Å². The van der Waals surface area contributed by atoms with Gasteiger partial charge in [-0.25, -0.2) is 0 Å². The maximum Gasteiger partial charge on any atom is 0.305 e. The lowest BCUT2D eigenvalue weighted by Gasteiger charge is -2.29. The van der Waals surface area contributed by atoms with Gasteiger partial charge < -0.3 is 19.6 Å². The van der Waals surface area contributed by atoms with E-state index in [1.54, 1.807) is 18.2 Å². The molecule has 0 aliphatic rings. The number of hydrogen-bond donors (Lipinski definition) is 2. The lowest BCUT2D eigenvalue weighted by molar-refractivity contribution is -0.871. The molecule has 0 saturated heterocycles. The number of rotatable bonds is 16. The molecule has 0 radical (unpaired) electrons. The Balaban J connectivity index is 2.45. The average Bonchev–Trinajstić information content (AvgIpc) is 2.65. The first-order valence-corrected chi connectivity index (χ1v) is 11.3. The Bertz CT molecular complexity index is 640. The predicted octanol–water partition coefficient (Wildman–Crippen LogP) is 4.49. The van der Waals surface area contributed by atoms with Crippen LogP contribution in [0.25, 0.3) is 0 Å². The highest BCUT2D eigenvalue weighted by atomic mass is 16.5. The normalized spacial score (nSPS) is 12.4. The molecule has 1 atom stereocenters. The molecule has 0 saturated carbocycles. The molecule has 2 N–H and O–H groups in total. The van der Waals surface area contributed by atoms with E-state index in [-0.39, 0.29) is 12.3 Å². The number of aliphatic carboxylic acids is 1. The number of nitrogens with zero attached hydrogens (tertiary/aromatic N) is 1. The maximum atomic E-state index is 12.6. The van der Waals surface area contributed by atoms with Gasteiger partial charge >= 0.3 is 5.97 Å². The highest BCUT2D eigenvalue weighted by Gasteiger charge is 2.23. The fourth-order valence-electron chi connectivity index (χ4n) is 3.45. The number of unbranched alkanes of at least 4 members (excludes halogenated alkanes) is 7. The van der Waals surface area contributed by atoms with Crippen LogP contribution in [0.3, 0.4) is 0 Å². The van der Waals surface area contributed by atoms with E-state index in [2.05, 4.69) is 12.2 Å². The second-order valence-electron chi connectivity index (χ2n) is 9.09. The molecule has 1 unspecified atom stereocenters. The first-order valence-electron chi connectivity index (χ1n) is 11.3. The summed E-state index contributed by atoms with van der Waals surface area (Å²) in [6, 6.07) is 6.66. The number of nitrogens with one attached hydrogen (secondary N) is 1. The first-order chi connectivity index (χ1) is 14.2. The van der Waals surface area contributed by atoms with Crippen LogP contribution in [0.1, 0.15) is 75.1 Å². The van der Waals surface area contributed by atoms with Crippen molar-refractivity contribution in [3.63, 3.8) is 0 Å². The average molecular weight is 422 g/mol. The molecule has 6 nitrogen and oxygen atoms in total. The van der Waals surface area contributed by atoms with Gasteiger partial charge in [-0.2, -0.15) is 0 Å². The standard InChI is InChI=1S/C24H40N2O4/c1-5-6-7-8-9-10-11-12-16-30-22-15-13-14-20(17-22)24(29)25-21(18-23(27)28)19-26(2,3)4/h13-15,17,21H,5-12,16,18-19H2,1-4H3,(H-,25,27,28,29)/p+1. The minimum absolute atomic E-state index is 0.101. The van der Waals surface area contributed by atoms with Crippen LogP contribution in [0.5, 0.6) is 5.75 Å². The highest BCUT2D eigenvalue weighted by molar-refractivity contribution is 5.95. The number of benzene rings is 1. The minimum atomic E-state index is -0.920. The third-order valence-corrected chi connectivity index (χ3v) is 4.89. The highest BCUT2D eigenvalue weighted by Crippen LogP contribution is 2.15. The Morgan fingerprint density at radius 1 is 1.03 bits per heavy atom. The van der Waals surface area contributed by atoms with Gasteiger partial charge in [0.05, 0.1) is 46.8 Å². The fraction of sp³-hybridized carbons (Fsp3) is 0.667. The number of likely N-dealkylation sites (N-methyl/N-ethyl adjacent to an activating group) is 1. The van der Waals surface area contributed by atoms with Gasteiger partial charge in [0.15, 0.2) is 0 Å². The summed E-state index contributed by atoms with van der Waals surface area (Å²) in [6.45, 7) is 3.41. The summed E-state index contributed by atoms with van der Waals surface area (Å²) >= 11 is 0. The van der Waals surface area contributed by atoms with E-state index in [1.165, 1.54) is 38.5 Å². The van der Waals surface area contributed by atoms with Gasteiger partial charge in [0.25, 0.3) is 5.91 Å². The number of ether oxygens (including phenoxy) is 1. The van der Waals surface area contributed by atoms with Crippen LogP contribution in [0, 0.1) is 0 Å². The summed E-state index contributed by atoms with van der Waals surface area (Å²) < 4.78 is 6.38. The largest absolute Gasteiger partial charge is 0.494 e. The Hall–Kier alpha value is -2.08. The van der Waals surface area contributed by atoms with Crippen LogP contribution in [-0.4, -0.2) is 61.8 Å². The Morgan fingerprint density at radius 3 is 2.27 bits per heavy atom. The molecule has 0 aromatic heterocycles. The van der Waals surface area contributed by atoms with Crippen molar-refractivity contribution in [2.45, 2.75) is 70.8 Å². The van der Waals surface area contributed by atoms with E-state index >= 15 is 0 Å². The number of carboxylic acid groups (broad SMARTS) is 1. The summed E-state index contributed by atoms with van der Waals surface area (Å²) in [5.41, 5.74) is 0.486. The van der Waals surface area contributed by atoms with Crippen LogP contribution < -0.4 is 10.1 Å². The molecule has 0 fully saturated rings. The fourth-order valence-corrected chi connectivity index (χ4v) is 3.45. The van der Waals surface area contributed by atoms with Gasteiger partial charge in [-0.05, 0) is 24.6 Å². The number of carbonyl (C=O) groups excluding carboxylic acids is 1. The molecular weight excluding hydrogens is 380 g/mol. The number of hydrogen-bond acceptors (Lipinski definition) is 3. The van der Waals surface area contributed by atoms with Gasteiger partial charge in [0.1, 0.15) is 5.75 Å². The smallest absolute Gasteiger partial charge is 0.305 e. The molecule has 0 spiro atoms. The van der Waals surface area contributed by atoms with Gasteiger partial charge in [-0.3, -0.25) is 9.59 Å². The monoisotopic (exact) mass is 421 g/mol. The minimum Gasteiger partial charge on any atom is -0.494 e. The molecule has 6 heteroatoms. The van der Waals surface area contributed by atoms with Crippen molar-refractivity contribution in [2.75, 3.05) is 34.3 Å². The summed E-state index contributed by atoms with van der Waals surface area (Å²) in [4.78, 5) is 23.8. The van der Waals surface area contributed by atoms with Crippen molar-refractivity contribution < 1.29 is 23.9 Å². The van der Waals surface area contributed by atoms with Crippen molar-refractivity contribution in [3.05, 3.63) is 29.8 Å². The zero-order valence-corrected chi connectivity index (χ0v) is 19.3. The summed E-state index contributed by atoms with van der Waals surface area (Å²) in [6.07, 6.45) is 9.87. The number of carboxylic acids is 1. The van der Waals surface area contributed by atoms with Crippen LogP contribution in [0.4, 0.5) is 0 Å². The second-order valence-corrected chi connectivity index (χ2v) is 9.09. The summed E-state index contributed by atoms with van der Waals surface area (Å²) in [7, 11) is 5.92. The van der Waals surface area contributed by atoms with Crippen molar-refractivity contribution in [3.8, 4) is 5.75 Å². The van der Waals surface area contributed by atoms with Gasteiger partial charge in [0, 0.05) is 5.56 Å². The Labute approximate surface area is 182 Å². The maximum absolute atomic E-state index is 12.6. The molecule has 0 aliphatic carbocycles. The molecular formula is C24H41N2O4+. The molecule has 1 aromatic carbocycles. The quantitative estimate of drug-likeness (QED) is 0.305. The summed E-state index contributed by atoms with van der Waals surface area (Å²) in [5, 5.41) is 12.0. The molecule has 1 rings (SSSR count). The van der Waals surface area contributed by atoms with Gasteiger partial charge in [-0.1, -0.05) is 57.9 Å². The zero-order chi connectivity index (χ0) is 22.4. The first kappa shape index (κ1) is 26.0. The van der Waals surface area contributed by atoms with Crippen molar-refractivity contribution in [2.24, 2.45) is 0 Å². The van der Waals surface area contributed by atoms with Crippen molar-refractivity contribution in [1.82, 2.24) is 5.32 Å². The third kappa shape index (κ3) is 12.5. The number of carbonyl (C=O) groups is 2. The molecule has 1 aromatic rings. The van der Waals surface area contributed by atoms with E-state index in [4.69, 9.17) is 9.84 Å². The SMILES string of the molecule is CCCCCCCCCCOc1cccc(C(=O)NC(CC(=O)O)C[N+](C)(C)C)c1. The Morgan fingerprint density at radius 2 is 1.67 bits per heavy atom. The van der Waals surface area contributed by atoms with E-state index < -0.39 is 12.0 Å². The van der Waals surface area contributed by atoms with Gasteiger partial charge in [-0.15, -0.1) is 0 Å². The molecule has 0 heterocycles. The third-order valence-electron chi connectivity index (χ3n) is 4.89. The number of amides is 1. The van der Waals surface area contributed by atoms with Gasteiger partial charge in [0.2, 0.25) is 0 Å². The molecule has 1 amide bonds. The van der Waals surface area contributed by atoms with Crippen LogP contribution >= 0.6 is 0 Å². The van der Waals surface area contributed by atoms with Crippen LogP contribution in [0.2, 0.25) is 0 Å². The second kappa shape index (κ2) is 14.0. The van der Waals surface area contributed by atoms with E-state index in [9.17, 15) is 9.59 Å². The molecule has 170 valence electrons. The van der Waals surface area contributed by atoms with E-state index in [0.29, 0.717) is 28.9 Å². The molecule has 30 heavy (non-hydrogen) atoms. The lowest BCUT2D eigenvalue weighted by atomic mass is 10.1. The van der Waals surface area contributed by atoms with E-state index in [0.717, 1.165) is 12.8 Å². The molecule has 0 bridgehead atoms.